The van der Waals surface area contributed by atoms with Crippen molar-refractivity contribution in [2.45, 2.75) is 37.6 Å². The molecule has 2 fully saturated rings. The zero-order valence-electron chi connectivity index (χ0n) is 15.8. The second-order valence-electron chi connectivity index (χ2n) is 7.48. The van der Waals surface area contributed by atoms with Crippen LogP contribution in [0.2, 0.25) is 0 Å². The number of benzene rings is 1. The molecule has 0 radical (unpaired) electrons. The maximum absolute atomic E-state index is 13.8. The highest BCUT2D eigenvalue weighted by Gasteiger charge is 2.39. The van der Waals surface area contributed by atoms with E-state index in [2.05, 4.69) is 5.32 Å². The van der Waals surface area contributed by atoms with Crippen molar-refractivity contribution in [3.05, 3.63) is 47.2 Å². The van der Waals surface area contributed by atoms with Gasteiger partial charge in [0.05, 0.1) is 24.9 Å². The fraction of sp³-hybridized carbons (Fsp3) is 0.429. The minimum Gasteiger partial charge on any atom is -0.497 e. The number of alkyl halides is 2. The first kappa shape index (κ1) is 18.7. The maximum atomic E-state index is 13.8. The minimum atomic E-state index is -2.68. The van der Waals surface area contributed by atoms with Gasteiger partial charge in [-0.05, 0) is 36.6 Å². The highest BCUT2D eigenvalue weighted by atomic mass is 19.3. The van der Waals surface area contributed by atoms with Crippen LogP contribution < -0.4 is 15.0 Å². The van der Waals surface area contributed by atoms with Gasteiger partial charge in [0.15, 0.2) is 0 Å². The molecule has 1 aromatic heterocycles. The Morgan fingerprint density at radius 3 is 2.64 bits per heavy atom. The first-order valence-corrected chi connectivity index (χ1v) is 9.54. The van der Waals surface area contributed by atoms with Crippen LogP contribution in [0.5, 0.6) is 5.75 Å². The molecule has 148 valence electrons. The van der Waals surface area contributed by atoms with Crippen molar-refractivity contribution >= 4 is 17.7 Å². The summed E-state index contributed by atoms with van der Waals surface area (Å²) in [5.74, 6) is -0.919. The fourth-order valence-corrected chi connectivity index (χ4v) is 3.56. The average Bonchev–Trinajstić information content (AvgIpc) is 3.49. The lowest BCUT2D eigenvalue weighted by atomic mass is 10.1. The Hall–Kier alpha value is -2.70. The molecule has 28 heavy (non-hydrogen) atoms. The van der Waals surface area contributed by atoms with Gasteiger partial charge in [-0.15, -0.1) is 0 Å². The van der Waals surface area contributed by atoms with Crippen LogP contribution in [0.1, 0.15) is 42.0 Å². The molecule has 2 heterocycles. The maximum Gasteiger partial charge on any atom is 0.266 e. The van der Waals surface area contributed by atoms with Crippen molar-refractivity contribution in [1.82, 2.24) is 4.98 Å². The summed E-state index contributed by atoms with van der Waals surface area (Å²) in [6.07, 6.45) is 3.21. The number of ether oxygens (including phenoxy) is 1. The molecule has 1 saturated carbocycles. The molecule has 0 spiro atoms. The number of halogens is 2. The van der Waals surface area contributed by atoms with Crippen molar-refractivity contribution in [1.29, 1.82) is 5.41 Å². The molecule has 1 aliphatic carbocycles. The van der Waals surface area contributed by atoms with Gasteiger partial charge >= 0.3 is 0 Å². The van der Waals surface area contributed by atoms with E-state index in [1.165, 1.54) is 6.21 Å². The van der Waals surface area contributed by atoms with E-state index in [1.54, 1.807) is 12.0 Å². The van der Waals surface area contributed by atoms with E-state index < -0.39 is 5.92 Å². The van der Waals surface area contributed by atoms with Crippen molar-refractivity contribution in [3.63, 3.8) is 0 Å². The van der Waals surface area contributed by atoms with Crippen LogP contribution in [0.25, 0.3) is 0 Å². The number of pyridine rings is 1. The molecule has 0 amide bonds. The van der Waals surface area contributed by atoms with Gasteiger partial charge in [-0.2, -0.15) is 0 Å². The van der Waals surface area contributed by atoms with E-state index in [0.717, 1.165) is 29.8 Å². The third kappa shape index (κ3) is 3.93. The summed E-state index contributed by atoms with van der Waals surface area (Å²) < 4.78 is 32.7. The Balaban J connectivity index is 1.62. The number of aromatic nitrogens is 1. The monoisotopic (exact) mass is 386 g/mol. The van der Waals surface area contributed by atoms with E-state index in [0.29, 0.717) is 36.1 Å². The summed E-state index contributed by atoms with van der Waals surface area (Å²) in [4.78, 5) is 6.41. The quantitative estimate of drug-likeness (QED) is 0.692. The van der Waals surface area contributed by atoms with Gasteiger partial charge in [-0.1, -0.05) is 12.1 Å². The molecule has 1 aliphatic heterocycles. The first-order valence-electron chi connectivity index (χ1n) is 9.54. The smallest absolute Gasteiger partial charge is 0.266 e. The summed E-state index contributed by atoms with van der Waals surface area (Å²) in [6.45, 7) is 0.515. The predicted octanol–water partition coefficient (Wildman–Crippen LogP) is 4.42. The highest BCUT2D eigenvalue weighted by Crippen LogP contribution is 2.43. The molecule has 0 bridgehead atoms. The largest absolute Gasteiger partial charge is 0.497 e. The molecular formula is C21H24F2N4O. The summed E-state index contributed by atoms with van der Waals surface area (Å²) in [7, 11) is 1.63. The van der Waals surface area contributed by atoms with Gasteiger partial charge in [0, 0.05) is 37.3 Å². The van der Waals surface area contributed by atoms with Crippen molar-refractivity contribution < 1.29 is 13.5 Å². The molecule has 2 N–H and O–H groups in total. The number of rotatable bonds is 7. The van der Waals surface area contributed by atoms with Crippen LogP contribution in [-0.2, 0) is 6.54 Å². The van der Waals surface area contributed by atoms with Gasteiger partial charge in [0.2, 0.25) is 0 Å². The molecular weight excluding hydrogens is 362 g/mol. The fourth-order valence-electron chi connectivity index (χ4n) is 3.56. The summed E-state index contributed by atoms with van der Waals surface area (Å²) in [5, 5.41) is 11.2. The normalized spacial score (nSPS) is 18.2. The highest BCUT2D eigenvalue weighted by molar-refractivity contribution is 5.93. The van der Waals surface area contributed by atoms with E-state index in [1.807, 2.05) is 30.3 Å². The lowest BCUT2D eigenvalue weighted by molar-refractivity contribution is 0.0257. The Labute approximate surface area is 163 Å². The van der Waals surface area contributed by atoms with Crippen molar-refractivity contribution in [2.24, 2.45) is 0 Å². The third-order valence-corrected chi connectivity index (χ3v) is 5.33. The van der Waals surface area contributed by atoms with Gasteiger partial charge in [0.1, 0.15) is 11.6 Å². The number of nitrogens with zero attached hydrogens (tertiary/aromatic N) is 2. The zero-order valence-corrected chi connectivity index (χ0v) is 15.8. The predicted molar refractivity (Wildman–Crippen MR) is 106 cm³/mol. The Morgan fingerprint density at radius 1 is 1.32 bits per heavy atom. The van der Waals surface area contributed by atoms with Crippen LogP contribution in [0.3, 0.4) is 0 Å². The second kappa shape index (κ2) is 7.37. The van der Waals surface area contributed by atoms with E-state index >= 15 is 0 Å². The second-order valence-corrected chi connectivity index (χ2v) is 7.48. The van der Waals surface area contributed by atoms with Crippen molar-refractivity contribution in [2.75, 3.05) is 30.4 Å². The molecule has 2 aromatic rings. The lowest BCUT2D eigenvalue weighted by Crippen LogP contribution is -2.26. The number of hydrogen-bond donors (Lipinski definition) is 2. The van der Waals surface area contributed by atoms with Crippen LogP contribution in [0.4, 0.5) is 20.3 Å². The summed E-state index contributed by atoms with van der Waals surface area (Å²) >= 11 is 0. The van der Waals surface area contributed by atoms with E-state index in [9.17, 15) is 8.78 Å². The molecule has 7 heteroatoms. The number of hydrogen-bond acceptors (Lipinski definition) is 5. The topological polar surface area (TPSA) is 61.2 Å². The molecule has 0 unspecified atom stereocenters. The van der Waals surface area contributed by atoms with Gasteiger partial charge in [-0.25, -0.2) is 13.8 Å². The Kier molecular flexibility index (Phi) is 4.91. The minimum absolute atomic E-state index is 0.153. The van der Waals surface area contributed by atoms with Gasteiger partial charge in [0.25, 0.3) is 5.92 Å². The standard InChI is InChI=1S/C21H24F2N4O/c1-28-16-6-2-14(3-7-16)12-25-20-17(11-24)19(10-18(26-20)15-4-5-15)27-9-8-21(22,23)13-27/h2-3,6-7,10-11,15,24H,4-5,8-9,12-13H2,1H3,(H,25,26). The molecule has 1 aromatic carbocycles. The molecule has 5 nitrogen and oxygen atoms in total. The van der Waals surface area contributed by atoms with Crippen LogP contribution in [0, 0.1) is 5.41 Å². The number of anilines is 2. The van der Waals surface area contributed by atoms with Gasteiger partial charge < -0.3 is 20.4 Å². The summed E-state index contributed by atoms with van der Waals surface area (Å²) in [6, 6.07) is 9.60. The van der Waals surface area contributed by atoms with Crippen LogP contribution in [-0.4, -0.2) is 37.3 Å². The lowest BCUT2D eigenvalue weighted by Gasteiger charge is -2.23. The third-order valence-electron chi connectivity index (χ3n) is 5.33. The number of nitrogens with one attached hydrogen (secondary N) is 2. The van der Waals surface area contributed by atoms with Crippen LogP contribution >= 0.6 is 0 Å². The van der Waals surface area contributed by atoms with E-state index in [4.69, 9.17) is 15.1 Å². The molecule has 2 aliphatic rings. The number of methoxy groups -OCH3 is 1. The van der Waals surface area contributed by atoms with E-state index in [-0.39, 0.29) is 13.0 Å². The van der Waals surface area contributed by atoms with Gasteiger partial charge in [-0.3, -0.25) is 0 Å². The Bertz CT molecular complexity index is 865. The van der Waals surface area contributed by atoms with Crippen LogP contribution in [0.15, 0.2) is 30.3 Å². The Morgan fingerprint density at radius 2 is 2.07 bits per heavy atom. The first-order chi connectivity index (χ1) is 13.5. The molecule has 4 rings (SSSR count). The average molecular weight is 386 g/mol. The zero-order chi connectivity index (χ0) is 19.7. The SMILES string of the molecule is COc1ccc(CNc2nc(C3CC3)cc(N3CCC(F)(F)C3)c2C=N)cc1. The summed E-state index contributed by atoms with van der Waals surface area (Å²) in [5.41, 5.74) is 3.22. The molecule has 0 atom stereocenters. The molecule has 1 saturated heterocycles. The van der Waals surface area contributed by atoms with Crippen molar-refractivity contribution in [3.8, 4) is 5.75 Å².